The van der Waals surface area contributed by atoms with Crippen LogP contribution in [0, 0.1) is 5.92 Å². The smallest absolute Gasteiger partial charge is 0.239 e. The quantitative estimate of drug-likeness (QED) is 0.109. The first-order valence-electron chi connectivity index (χ1n) is 18.5. The Hall–Kier alpha value is -3.67. The molecule has 19 nitrogen and oxygen atoms in total. The van der Waals surface area contributed by atoms with Crippen LogP contribution in [0.2, 0.25) is 0 Å². The van der Waals surface area contributed by atoms with Crippen LogP contribution in [0.3, 0.4) is 0 Å². The molecule has 3 saturated heterocycles. The summed E-state index contributed by atoms with van der Waals surface area (Å²) >= 11 is 0. The molecule has 1 aromatic heterocycles. The van der Waals surface area contributed by atoms with Gasteiger partial charge in [-0.15, -0.1) is 0 Å². The van der Waals surface area contributed by atoms with E-state index < -0.39 is 127 Å². The molecule has 57 heavy (non-hydrogen) atoms. The SMILES string of the molecule is COc1ccc(-c2oc3c(C(C)C(C)C)c(O[C@@H]4O[C@H](CO)[C@@H](O)[C@H](O)[C@H]4O)cc(O)c3c(=O)c2O[C@@H]2O[C@@H](C)[C@H](O)[C@@H](O)[C@H]2O[C@@H]2OC[C@@H](O)[C@H](O)[C@H]2O)cc1. The third kappa shape index (κ3) is 8.18. The van der Waals surface area contributed by atoms with Crippen molar-refractivity contribution in [1.29, 1.82) is 0 Å². The van der Waals surface area contributed by atoms with E-state index in [2.05, 4.69) is 0 Å². The molecule has 0 bridgehead atoms. The first-order valence-corrected chi connectivity index (χ1v) is 18.5. The van der Waals surface area contributed by atoms with E-state index in [4.69, 9.17) is 37.6 Å². The maximum Gasteiger partial charge on any atom is 0.239 e. The average molecular weight is 811 g/mol. The summed E-state index contributed by atoms with van der Waals surface area (Å²) in [4.78, 5) is 14.8. The van der Waals surface area contributed by atoms with Gasteiger partial charge in [-0.05, 0) is 43.0 Å². The number of methoxy groups -OCH3 is 1. The Bertz CT molecular complexity index is 1900. The van der Waals surface area contributed by atoms with Gasteiger partial charge in [0.2, 0.25) is 23.8 Å². The van der Waals surface area contributed by atoms with E-state index >= 15 is 0 Å². The van der Waals surface area contributed by atoms with Crippen molar-refractivity contribution < 1.29 is 88.6 Å². The molecule has 19 heteroatoms. The number of phenolic OH excluding ortho intramolecular Hbond substituents is 1. The molecule has 0 amide bonds. The molecule has 0 radical (unpaired) electrons. The van der Waals surface area contributed by atoms with Gasteiger partial charge < -0.3 is 88.6 Å². The number of hydrogen-bond donors (Lipinski definition) is 10. The summed E-state index contributed by atoms with van der Waals surface area (Å²) < 4.78 is 46.7. The molecule has 1 unspecified atom stereocenters. The van der Waals surface area contributed by atoms with Gasteiger partial charge in [-0.3, -0.25) is 4.79 Å². The Kier molecular flexibility index (Phi) is 13.0. The van der Waals surface area contributed by atoms with Crippen LogP contribution in [0.4, 0.5) is 0 Å². The average Bonchev–Trinajstić information content (AvgIpc) is 3.19. The molecule has 316 valence electrons. The Labute approximate surface area is 325 Å². The zero-order valence-electron chi connectivity index (χ0n) is 31.7. The van der Waals surface area contributed by atoms with E-state index in [-0.39, 0.29) is 34.1 Å². The highest BCUT2D eigenvalue weighted by Crippen LogP contribution is 2.45. The van der Waals surface area contributed by atoms with Crippen molar-refractivity contribution in [2.75, 3.05) is 20.3 Å². The van der Waals surface area contributed by atoms with Gasteiger partial charge in [0.15, 0.2) is 18.2 Å². The fourth-order valence-corrected chi connectivity index (χ4v) is 6.93. The fourth-order valence-electron chi connectivity index (χ4n) is 6.93. The number of benzene rings is 2. The molecule has 3 aromatic rings. The van der Waals surface area contributed by atoms with Crippen molar-refractivity contribution in [3.63, 3.8) is 0 Å². The fraction of sp³-hybridized carbons (Fsp3) is 0.605. The van der Waals surface area contributed by atoms with Crippen molar-refractivity contribution >= 4 is 11.0 Å². The number of hydrogen-bond acceptors (Lipinski definition) is 19. The van der Waals surface area contributed by atoms with Crippen LogP contribution in [0.1, 0.15) is 39.2 Å². The second-order valence-corrected chi connectivity index (χ2v) is 14.8. The molecule has 3 aliphatic rings. The largest absolute Gasteiger partial charge is 0.507 e. The third-order valence-electron chi connectivity index (χ3n) is 10.8. The third-order valence-corrected chi connectivity index (χ3v) is 10.8. The van der Waals surface area contributed by atoms with E-state index in [1.54, 1.807) is 31.2 Å². The Balaban J connectivity index is 1.51. The summed E-state index contributed by atoms with van der Waals surface area (Å²) in [6, 6.07) is 7.32. The second kappa shape index (κ2) is 17.3. The highest BCUT2D eigenvalue weighted by Gasteiger charge is 2.50. The van der Waals surface area contributed by atoms with Crippen molar-refractivity contribution in [1.82, 2.24) is 0 Å². The normalized spacial score (nSPS) is 35.3. The molecule has 10 N–H and O–H groups in total. The number of phenols is 1. The molecule has 3 fully saturated rings. The minimum Gasteiger partial charge on any atom is -0.507 e. The van der Waals surface area contributed by atoms with Gasteiger partial charge >= 0.3 is 0 Å². The van der Waals surface area contributed by atoms with Gasteiger partial charge in [-0.2, -0.15) is 0 Å². The number of rotatable bonds is 11. The van der Waals surface area contributed by atoms with Crippen molar-refractivity contribution in [3.8, 4) is 34.3 Å². The number of aliphatic hydroxyl groups is 9. The number of ether oxygens (including phenoxy) is 7. The summed E-state index contributed by atoms with van der Waals surface area (Å²) in [7, 11) is 1.45. The van der Waals surface area contributed by atoms with E-state index in [0.29, 0.717) is 5.75 Å². The Morgan fingerprint density at radius 3 is 2.11 bits per heavy atom. The van der Waals surface area contributed by atoms with Gasteiger partial charge in [0.05, 0.1) is 26.4 Å². The molecule has 0 saturated carbocycles. The molecule has 2 aromatic carbocycles. The zero-order valence-corrected chi connectivity index (χ0v) is 31.7. The van der Waals surface area contributed by atoms with Crippen molar-refractivity contribution in [2.45, 2.75) is 120 Å². The van der Waals surface area contributed by atoms with E-state index in [0.717, 1.165) is 6.07 Å². The molecular formula is C38H50O19. The van der Waals surface area contributed by atoms with Gasteiger partial charge in [0.25, 0.3) is 0 Å². The van der Waals surface area contributed by atoms with Gasteiger partial charge in [-0.1, -0.05) is 20.8 Å². The molecule has 0 spiro atoms. The molecule has 15 atom stereocenters. The van der Waals surface area contributed by atoms with Crippen molar-refractivity contribution in [2.24, 2.45) is 5.92 Å². The van der Waals surface area contributed by atoms with Gasteiger partial charge in [0.1, 0.15) is 83.2 Å². The summed E-state index contributed by atoms with van der Waals surface area (Å²) in [5.41, 5.74) is -0.650. The van der Waals surface area contributed by atoms with E-state index in [9.17, 15) is 55.9 Å². The van der Waals surface area contributed by atoms with E-state index in [1.165, 1.54) is 14.0 Å². The van der Waals surface area contributed by atoms with Crippen LogP contribution in [-0.4, -0.2) is 157 Å². The minimum absolute atomic E-state index is 0.128. The first-order chi connectivity index (χ1) is 27.0. The Morgan fingerprint density at radius 1 is 0.807 bits per heavy atom. The molecule has 4 heterocycles. The van der Waals surface area contributed by atoms with Crippen LogP contribution in [0.15, 0.2) is 39.5 Å². The summed E-state index contributed by atoms with van der Waals surface area (Å²) in [6.45, 7) is 5.77. The van der Waals surface area contributed by atoms with E-state index in [1.807, 2.05) is 13.8 Å². The molecule has 0 aliphatic carbocycles. The molecule has 6 rings (SSSR count). The van der Waals surface area contributed by atoms with Crippen LogP contribution in [0.5, 0.6) is 23.0 Å². The lowest BCUT2D eigenvalue weighted by Gasteiger charge is -2.44. The maximum atomic E-state index is 14.8. The summed E-state index contributed by atoms with van der Waals surface area (Å²) in [6.07, 6.45) is -22.7. The lowest BCUT2D eigenvalue weighted by atomic mass is 9.88. The predicted molar refractivity (Wildman–Crippen MR) is 193 cm³/mol. The molecule has 3 aliphatic heterocycles. The Morgan fingerprint density at radius 2 is 1.47 bits per heavy atom. The predicted octanol–water partition coefficient (Wildman–Crippen LogP) is -1.22. The number of aliphatic hydroxyl groups excluding tert-OH is 9. The van der Waals surface area contributed by atoms with Gasteiger partial charge in [-0.25, -0.2) is 0 Å². The molecular weight excluding hydrogens is 760 g/mol. The van der Waals surface area contributed by atoms with Crippen molar-refractivity contribution in [3.05, 3.63) is 46.1 Å². The number of aromatic hydroxyl groups is 1. The highest BCUT2D eigenvalue weighted by molar-refractivity contribution is 5.91. The first kappa shape index (κ1) is 42.9. The second-order valence-electron chi connectivity index (χ2n) is 14.8. The highest BCUT2D eigenvalue weighted by atomic mass is 16.8. The summed E-state index contributed by atoms with van der Waals surface area (Å²) in [5.74, 6) is -1.81. The zero-order chi connectivity index (χ0) is 41.6. The summed E-state index contributed by atoms with van der Waals surface area (Å²) in [5, 5.41) is 105. The monoisotopic (exact) mass is 810 g/mol. The van der Waals surface area contributed by atoms with Crippen LogP contribution >= 0.6 is 0 Å². The lowest BCUT2D eigenvalue weighted by molar-refractivity contribution is -0.341. The standard InChI is InChI=1S/C38H50O19/c1-13(2)14(3)22-20(53-37-31(49)28(46)26(44)21(11-39)54-37)10-18(40)23-27(45)34(32(55-33(22)23)16-6-8-17(50-5)9-7-16)56-38-35(29(47)24(42)15(4)52-38)57-36-30(48)25(43)19(41)12-51-36/h6-10,13-15,19,21,24-26,28-31,35-44,46-49H,11-12H2,1-5H3/t14?,15-,19+,21+,24-,25-,26+,28-,29+,30+,31+,35+,36-,37+,38-/m0/s1. The van der Waals surface area contributed by atoms with Crippen LogP contribution in [0.25, 0.3) is 22.3 Å². The van der Waals surface area contributed by atoms with Gasteiger partial charge in [0, 0.05) is 17.2 Å². The van der Waals surface area contributed by atoms with Crippen LogP contribution < -0.4 is 19.6 Å². The minimum atomic E-state index is -1.81. The lowest BCUT2D eigenvalue weighted by Crippen LogP contribution is -2.62. The van der Waals surface area contributed by atoms with Crippen LogP contribution in [-0.2, 0) is 18.9 Å². The maximum absolute atomic E-state index is 14.8. The number of fused-ring (bicyclic) bond motifs is 1. The topological polar surface area (TPSA) is 297 Å².